The van der Waals surface area contributed by atoms with E-state index in [-0.39, 0.29) is 17.1 Å². The summed E-state index contributed by atoms with van der Waals surface area (Å²) in [5, 5.41) is 5.72. The van der Waals surface area contributed by atoms with Crippen molar-refractivity contribution in [1.82, 2.24) is 15.5 Å². The maximum atomic E-state index is 12.8. The zero-order valence-electron chi connectivity index (χ0n) is 12.0. The molecule has 112 valence electrons. The molecule has 0 aromatic heterocycles. The minimum absolute atomic E-state index is 0.0753. The lowest BCUT2D eigenvalue weighted by Crippen LogP contribution is -2.60. The normalized spacial score (nSPS) is 24.5. The van der Waals surface area contributed by atoms with Crippen LogP contribution in [0.4, 0.5) is 0 Å². The highest BCUT2D eigenvalue weighted by atomic mass is 32.2. The second-order valence-corrected chi connectivity index (χ2v) is 6.53. The number of amides is 2. The fourth-order valence-electron chi connectivity index (χ4n) is 2.87. The number of benzene rings is 1. The number of thioether (sulfide) groups is 1. The summed E-state index contributed by atoms with van der Waals surface area (Å²) in [7, 11) is 1.61. The zero-order valence-corrected chi connectivity index (χ0v) is 12.8. The maximum absolute atomic E-state index is 12.8. The number of fused-ring (bicyclic) bond motifs is 1. The Morgan fingerprint density at radius 3 is 2.95 bits per heavy atom. The predicted molar refractivity (Wildman–Crippen MR) is 82.2 cm³/mol. The standard InChI is InChI=1S/C15H19N3O2S/c1-16-14(19)11-9-17-6-7-18(11)15(20)13-8-10-4-2-3-5-12(10)21-13/h2-5,11,13,17H,6-9H2,1H3,(H,16,19). The van der Waals surface area contributed by atoms with E-state index in [1.165, 1.54) is 10.5 Å². The molecule has 2 atom stereocenters. The van der Waals surface area contributed by atoms with Crippen molar-refractivity contribution in [1.29, 1.82) is 0 Å². The number of hydrogen-bond donors (Lipinski definition) is 2. The molecule has 2 heterocycles. The number of nitrogens with zero attached hydrogens (tertiary/aromatic N) is 1. The molecule has 5 nitrogen and oxygen atoms in total. The first-order valence-electron chi connectivity index (χ1n) is 7.18. The third-order valence-electron chi connectivity index (χ3n) is 4.00. The molecule has 2 amide bonds. The Morgan fingerprint density at radius 2 is 2.19 bits per heavy atom. The summed E-state index contributed by atoms with van der Waals surface area (Å²) in [5.41, 5.74) is 1.23. The highest BCUT2D eigenvalue weighted by Gasteiger charge is 2.37. The highest BCUT2D eigenvalue weighted by molar-refractivity contribution is 8.01. The van der Waals surface area contributed by atoms with Crippen LogP contribution in [0.15, 0.2) is 29.2 Å². The van der Waals surface area contributed by atoms with Crippen molar-refractivity contribution in [2.45, 2.75) is 22.6 Å². The molecular formula is C15H19N3O2S. The molecule has 0 bridgehead atoms. The van der Waals surface area contributed by atoms with Crippen LogP contribution in [-0.2, 0) is 16.0 Å². The van der Waals surface area contributed by atoms with Crippen molar-refractivity contribution in [3.63, 3.8) is 0 Å². The fraction of sp³-hybridized carbons (Fsp3) is 0.467. The molecule has 1 saturated heterocycles. The number of likely N-dealkylation sites (N-methyl/N-ethyl adjacent to an activating group) is 1. The van der Waals surface area contributed by atoms with Gasteiger partial charge in [0.05, 0.1) is 5.25 Å². The van der Waals surface area contributed by atoms with Crippen molar-refractivity contribution < 1.29 is 9.59 Å². The molecule has 1 fully saturated rings. The monoisotopic (exact) mass is 305 g/mol. The molecule has 0 spiro atoms. The smallest absolute Gasteiger partial charge is 0.243 e. The third-order valence-corrected chi connectivity index (χ3v) is 5.30. The average Bonchev–Trinajstić information content (AvgIpc) is 2.97. The van der Waals surface area contributed by atoms with Crippen molar-refractivity contribution in [3.8, 4) is 0 Å². The molecule has 0 saturated carbocycles. The minimum atomic E-state index is -0.402. The summed E-state index contributed by atoms with van der Waals surface area (Å²) in [4.78, 5) is 27.7. The van der Waals surface area contributed by atoms with E-state index >= 15 is 0 Å². The van der Waals surface area contributed by atoms with Crippen LogP contribution in [0.3, 0.4) is 0 Å². The Hall–Kier alpha value is -1.53. The van der Waals surface area contributed by atoms with Gasteiger partial charge in [0.1, 0.15) is 6.04 Å². The van der Waals surface area contributed by atoms with Crippen LogP contribution in [0.1, 0.15) is 5.56 Å². The fourth-order valence-corrected chi connectivity index (χ4v) is 4.14. The van der Waals surface area contributed by atoms with Crippen LogP contribution in [-0.4, -0.2) is 54.7 Å². The second kappa shape index (κ2) is 6.07. The average molecular weight is 305 g/mol. The van der Waals surface area contributed by atoms with Gasteiger partial charge < -0.3 is 15.5 Å². The first kappa shape index (κ1) is 14.4. The van der Waals surface area contributed by atoms with Gasteiger partial charge in [0, 0.05) is 31.6 Å². The Bertz CT molecular complexity index is 539. The molecule has 2 aliphatic rings. The Kier molecular flexibility index (Phi) is 4.17. The van der Waals surface area contributed by atoms with Crippen LogP contribution in [0.25, 0.3) is 0 Å². The van der Waals surface area contributed by atoms with Gasteiger partial charge in [-0.2, -0.15) is 0 Å². The van der Waals surface area contributed by atoms with Crippen LogP contribution in [0.2, 0.25) is 0 Å². The van der Waals surface area contributed by atoms with Crippen LogP contribution in [0.5, 0.6) is 0 Å². The molecule has 21 heavy (non-hydrogen) atoms. The largest absolute Gasteiger partial charge is 0.357 e. The van der Waals surface area contributed by atoms with E-state index in [2.05, 4.69) is 22.8 Å². The van der Waals surface area contributed by atoms with Gasteiger partial charge in [-0.3, -0.25) is 9.59 Å². The summed E-state index contributed by atoms with van der Waals surface area (Å²) in [5.74, 6) is -0.0256. The third kappa shape index (κ3) is 2.78. The van der Waals surface area contributed by atoms with Crippen molar-refractivity contribution in [3.05, 3.63) is 29.8 Å². The summed E-state index contributed by atoms with van der Waals surface area (Å²) >= 11 is 1.62. The molecule has 0 radical (unpaired) electrons. The van der Waals surface area contributed by atoms with Gasteiger partial charge >= 0.3 is 0 Å². The lowest BCUT2D eigenvalue weighted by Gasteiger charge is -2.36. The molecule has 1 aromatic carbocycles. The lowest BCUT2D eigenvalue weighted by molar-refractivity contribution is -0.140. The van der Waals surface area contributed by atoms with Gasteiger partial charge in [0.15, 0.2) is 0 Å². The zero-order chi connectivity index (χ0) is 14.8. The van der Waals surface area contributed by atoms with Crippen LogP contribution >= 0.6 is 11.8 Å². The van der Waals surface area contributed by atoms with Crippen LogP contribution in [0, 0.1) is 0 Å². The predicted octanol–water partition coefficient (Wildman–Crippen LogP) is 0.250. The van der Waals surface area contributed by atoms with Crippen molar-refractivity contribution in [2.75, 3.05) is 26.7 Å². The van der Waals surface area contributed by atoms with Gasteiger partial charge in [0.2, 0.25) is 11.8 Å². The van der Waals surface area contributed by atoms with E-state index in [0.717, 1.165) is 13.0 Å². The number of rotatable bonds is 2. The number of carbonyl (C=O) groups is 2. The summed E-state index contributed by atoms with van der Waals surface area (Å²) in [6, 6.07) is 7.73. The second-order valence-electron chi connectivity index (χ2n) is 5.28. The van der Waals surface area contributed by atoms with Gasteiger partial charge in [-0.1, -0.05) is 18.2 Å². The van der Waals surface area contributed by atoms with Crippen LogP contribution < -0.4 is 10.6 Å². The van der Waals surface area contributed by atoms with Crippen molar-refractivity contribution in [2.24, 2.45) is 0 Å². The van der Waals surface area contributed by atoms with Gasteiger partial charge in [-0.25, -0.2) is 0 Å². The number of hydrogen-bond acceptors (Lipinski definition) is 4. The summed E-state index contributed by atoms with van der Waals surface area (Å²) in [6.45, 7) is 1.85. The Morgan fingerprint density at radius 1 is 1.38 bits per heavy atom. The molecule has 3 rings (SSSR count). The van der Waals surface area contributed by atoms with Gasteiger partial charge in [-0.15, -0.1) is 11.8 Å². The first-order valence-corrected chi connectivity index (χ1v) is 8.06. The summed E-state index contributed by atoms with van der Waals surface area (Å²) < 4.78 is 0. The van der Waals surface area contributed by atoms with E-state index < -0.39 is 6.04 Å². The number of nitrogens with one attached hydrogen (secondary N) is 2. The molecule has 0 aliphatic carbocycles. The Labute approximate surface area is 128 Å². The molecule has 2 aliphatic heterocycles. The Balaban J connectivity index is 1.74. The quantitative estimate of drug-likeness (QED) is 0.822. The molecule has 2 N–H and O–H groups in total. The van der Waals surface area contributed by atoms with E-state index in [1.807, 2.05) is 12.1 Å². The highest BCUT2D eigenvalue weighted by Crippen LogP contribution is 2.37. The maximum Gasteiger partial charge on any atom is 0.243 e. The van der Waals surface area contributed by atoms with E-state index in [0.29, 0.717) is 13.1 Å². The van der Waals surface area contributed by atoms with Gasteiger partial charge in [-0.05, 0) is 18.1 Å². The summed E-state index contributed by atoms with van der Waals surface area (Å²) in [6.07, 6.45) is 0.754. The van der Waals surface area contributed by atoms with Gasteiger partial charge in [0.25, 0.3) is 0 Å². The first-order chi connectivity index (χ1) is 10.2. The van der Waals surface area contributed by atoms with E-state index in [4.69, 9.17) is 0 Å². The van der Waals surface area contributed by atoms with E-state index in [9.17, 15) is 9.59 Å². The SMILES string of the molecule is CNC(=O)C1CNCCN1C(=O)C1Cc2ccccc2S1. The molecule has 2 unspecified atom stereocenters. The number of carbonyl (C=O) groups excluding carboxylic acids is 2. The lowest BCUT2D eigenvalue weighted by atomic mass is 10.1. The van der Waals surface area contributed by atoms with Crippen molar-refractivity contribution >= 4 is 23.6 Å². The van der Waals surface area contributed by atoms with E-state index in [1.54, 1.807) is 23.7 Å². The number of piperazine rings is 1. The molecule has 1 aromatic rings. The minimum Gasteiger partial charge on any atom is -0.357 e. The topological polar surface area (TPSA) is 61.4 Å². The molecular weight excluding hydrogens is 286 g/mol. The molecule has 6 heteroatoms.